The van der Waals surface area contributed by atoms with E-state index in [4.69, 9.17) is 34.8 Å². The van der Waals surface area contributed by atoms with E-state index in [-0.39, 0.29) is 11.8 Å². The van der Waals surface area contributed by atoms with Gasteiger partial charge in [0.2, 0.25) is 5.91 Å². The van der Waals surface area contributed by atoms with E-state index in [1.54, 1.807) is 6.07 Å². The van der Waals surface area contributed by atoms with Crippen molar-refractivity contribution in [1.29, 1.82) is 0 Å². The Morgan fingerprint density at radius 1 is 0.970 bits per heavy atom. The maximum atomic E-state index is 13.0. The standard InChI is InChI=1S/C27H25Cl3N2O/c1-2-32-17-24(22-8-3-4-9-26(22)32)23(19-6-5-7-20(28)14-19)16-27(33)31-13-12-18-10-11-21(29)15-25(18)30/h3-11,14-15,17,23H,2,12-13,16H2,1H3,(H,31,33)/t23-/m1/s1. The van der Waals surface area contributed by atoms with E-state index >= 15 is 0 Å². The first-order valence-electron chi connectivity index (χ1n) is 11.0. The van der Waals surface area contributed by atoms with Crippen LogP contribution in [0.2, 0.25) is 15.1 Å². The maximum Gasteiger partial charge on any atom is 0.220 e. The number of rotatable bonds is 8. The summed E-state index contributed by atoms with van der Waals surface area (Å²) in [6.07, 6.45) is 3.13. The average Bonchev–Trinajstić information content (AvgIpc) is 3.17. The van der Waals surface area contributed by atoms with Gasteiger partial charge in [0.25, 0.3) is 0 Å². The van der Waals surface area contributed by atoms with E-state index in [9.17, 15) is 4.79 Å². The largest absolute Gasteiger partial charge is 0.356 e. The van der Waals surface area contributed by atoms with Gasteiger partial charge in [-0.15, -0.1) is 0 Å². The van der Waals surface area contributed by atoms with Crippen molar-refractivity contribution < 1.29 is 4.79 Å². The van der Waals surface area contributed by atoms with Gasteiger partial charge >= 0.3 is 0 Å². The van der Waals surface area contributed by atoms with Gasteiger partial charge in [0.15, 0.2) is 0 Å². The number of benzene rings is 3. The summed E-state index contributed by atoms with van der Waals surface area (Å²) >= 11 is 18.6. The van der Waals surface area contributed by atoms with E-state index in [1.807, 2.05) is 48.5 Å². The molecule has 0 bridgehead atoms. The highest BCUT2D eigenvalue weighted by atomic mass is 35.5. The first kappa shape index (κ1) is 23.7. The Bertz CT molecular complexity index is 1280. The highest BCUT2D eigenvalue weighted by molar-refractivity contribution is 6.35. The summed E-state index contributed by atoms with van der Waals surface area (Å²) in [5.41, 5.74) is 4.28. The molecular formula is C27H25Cl3N2O. The Hall–Kier alpha value is -2.46. The molecule has 1 aromatic heterocycles. The SMILES string of the molecule is CCn1cc([C@H](CC(=O)NCCc2ccc(Cl)cc2Cl)c2cccc(Cl)c2)c2ccccc21. The van der Waals surface area contributed by atoms with E-state index in [0.717, 1.165) is 28.6 Å². The number of hydrogen-bond acceptors (Lipinski definition) is 1. The summed E-state index contributed by atoms with van der Waals surface area (Å²) in [6.45, 7) is 3.48. The molecule has 3 aromatic carbocycles. The van der Waals surface area contributed by atoms with Crippen molar-refractivity contribution in [3.05, 3.63) is 105 Å². The van der Waals surface area contributed by atoms with E-state index in [1.165, 1.54) is 5.52 Å². The topological polar surface area (TPSA) is 34.0 Å². The molecule has 4 rings (SSSR count). The van der Waals surface area contributed by atoms with Crippen molar-refractivity contribution in [2.24, 2.45) is 0 Å². The van der Waals surface area contributed by atoms with Crippen molar-refractivity contribution >= 4 is 51.6 Å². The lowest BCUT2D eigenvalue weighted by molar-refractivity contribution is -0.121. The Morgan fingerprint density at radius 2 is 1.76 bits per heavy atom. The van der Waals surface area contributed by atoms with Gasteiger partial charge in [-0.3, -0.25) is 4.79 Å². The second-order valence-corrected chi connectivity index (χ2v) is 9.32. The third-order valence-electron chi connectivity index (χ3n) is 5.91. The van der Waals surface area contributed by atoms with Gasteiger partial charge < -0.3 is 9.88 Å². The summed E-state index contributed by atoms with van der Waals surface area (Å²) in [5.74, 6) is -0.126. The smallest absolute Gasteiger partial charge is 0.220 e. The van der Waals surface area contributed by atoms with Gasteiger partial charge in [0.05, 0.1) is 0 Å². The predicted molar refractivity (Wildman–Crippen MR) is 139 cm³/mol. The molecule has 0 radical (unpaired) electrons. The van der Waals surface area contributed by atoms with Gasteiger partial charge in [-0.1, -0.05) is 71.2 Å². The van der Waals surface area contributed by atoms with Gasteiger partial charge in [-0.2, -0.15) is 0 Å². The van der Waals surface area contributed by atoms with Crippen LogP contribution in [-0.2, 0) is 17.8 Å². The number of hydrogen-bond donors (Lipinski definition) is 1. The molecule has 33 heavy (non-hydrogen) atoms. The molecule has 1 amide bonds. The third-order valence-corrected chi connectivity index (χ3v) is 6.73. The normalized spacial score (nSPS) is 12.1. The van der Waals surface area contributed by atoms with Crippen LogP contribution in [0.25, 0.3) is 10.9 Å². The zero-order chi connectivity index (χ0) is 23.4. The number of para-hydroxylation sites is 1. The van der Waals surface area contributed by atoms with Crippen LogP contribution < -0.4 is 5.32 Å². The van der Waals surface area contributed by atoms with Crippen LogP contribution in [0, 0.1) is 0 Å². The third kappa shape index (κ3) is 5.55. The van der Waals surface area contributed by atoms with Gasteiger partial charge in [-0.05, 0) is 60.4 Å². The van der Waals surface area contributed by atoms with E-state index < -0.39 is 0 Å². The number of carbonyl (C=O) groups is 1. The zero-order valence-corrected chi connectivity index (χ0v) is 20.6. The van der Waals surface area contributed by atoms with Gasteiger partial charge in [0.1, 0.15) is 0 Å². The van der Waals surface area contributed by atoms with Crippen LogP contribution in [0.4, 0.5) is 0 Å². The quantitative estimate of drug-likeness (QED) is 0.267. The predicted octanol–water partition coefficient (Wildman–Crippen LogP) is 7.50. The van der Waals surface area contributed by atoms with Crippen LogP contribution in [0.1, 0.15) is 36.0 Å². The molecule has 170 valence electrons. The molecule has 1 N–H and O–H groups in total. The Balaban J connectivity index is 1.57. The minimum Gasteiger partial charge on any atom is -0.356 e. The highest BCUT2D eigenvalue weighted by Crippen LogP contribution is 2.35. The van der Waals surface area contributed by atoms with E-state index in [0.29, 0.717) is 34.5 Å². The number of aromatic nitrogens is 1. The molecule has 0 aliphatic carbocycles. The number of nitrogens with zero attached hydrogens (tertiary/aromatic N) is 1. The molecule has 1 heterocycles. The lowest BCUT2D eigenvalue weighted by atomic mass is 9.88. The second-order valence-electron chi connectivity index (χ2n) is 8.04. The minimum atomic E-state index is -0.111. The highest BCUT2D eigenvalue weighted by Gasteiger charge is 2.23. The number of fused-ring (bicyclic) bond motifs is 1. The number of amides is 1. The van der Waals surface area contributed by atoms with Crippen LogP contribution in [0.5, 0.6) is 0 Å². The summed E-state index contributed by atoms with van der Waals surface area (Å²) < 4.78 is 2.22. The number of nitrogens with one attached hydrogen (secondary N) is 1. The molecule has 0 saturated carbocycles. The molecule has 0 spiro atoms. The molecule has 6 heteroatoms. The van der Waals surface area contributed by atoms with Crippen molar-refractivity contribution in [1.82, 2.24) is 9.88 Å². The Morgan fingerprint density at radius 3 is 2.52 bits per heavy atom. The molecule has 0 unspecified atom stereocenters. The molecule has 0 aliphatic heterocycles. The summed E-state index contributed by atoms with van der Waals surface area (Å²) in [4.78, 5) is 13.0. The van der Waals surface area contributed by atoms with Crippen molar-refractivity contribution in [2.75, 3.05) is 6.54 Å². The molecule has 0 saturated heterocycles. The molecule has 4 aromatic rings. The Labute approximate surface area is 209 Å². The lowest BCUT2D eigenvalue weighted by Crippen LogP contribution is -2.27. The van der Waals surface area contributed by atoms with Crippen LogP contribution in [0.15, 0.2) is 72.9 Å². The van der Waals surface area contributed by atoms with Crippen molar-refractivity contribution in [3.8, 4) is 0 Å². The van der Waals surface area contributed by atoms with Crippen LogP contribution in [-0.4, -0.2) is 17.0 Å². The maximum absolute atomic E-state index is 13.0. The van der Waals surface area contributed by atoms with Gasteiger partial charge in [-0.25, -0.2) is 0 Å². The molecule has 0 fully saturated rings. The van der Waals surface area contributed by atoms with Crippen molar-refractivity contribution in [2.45, 2.75) is 32.2 Å². The van der Waals surface area contributed by atoms with E-state index in [2.05, 4.69) is 35.1 Å². The first-order chi connectivity index (χ1) is 16.0. The molecular weight excluding hydrogens is 475 g/mol. The minimum absolute atomic E-state index is 0.0154. The molecule has 1 atom stereocenters. The van der Waals surface area contributed by atoms with Gasteiger partial charge in [0, 0.05) is 57.6 Å². The van der Waals surface area contributed by atoms with Crippen molar-refractivity contribution in [3.63, 3.8) is 0 Å². The summed E-state index contributed by atoms with van der Waals surface area (Å²) in [6, 6.07) is 21.5. The molecule has 0 aliphatic rings. The molecule has 3 nitrogen and oxygen atoms in total. The number of halogens is 3. The second kappa shape index (κ2) is 10.6. The van der Waals surface area contributed by atoms with Crippen LogP contribution >= 0.6 is 34.8 Å². The number of aryl methyl sites for hydroxylation is 1. The zero-order valence-electron chi connectivity index (χ0n) is 18.3. The average molecular weight is 500 g/mol. The fourth-order valence-electron chi connectivity index (χ4n) is 4.26. The summed E-state index contributed by atoms with van der Waals surface area (Å²) in [5, 5.41) is 6.09. The Kier molecular flexibility index (Phi) is 7.64. The lowest BCUT2D eigenvalue weighted by Gasteiger charge is -2.18. The van der Waals surface area contributed by atoms with Crippen LogP contribution in [0.3, 0.4) is 0 Å². The number of carbonyl (C=O) groups excluding carboxylic acids is 1. The monoisotopic (exact) mass is 498 g/mol. The fraction of sp³-hybridized carbons (Fsp3) is 0.222. The first-order valence-corrected chi connectivity index (χ1v) is 12.1. The fourth-order valence-corrected chi connectivity index (χ4v) is 4.97. The summed E-state index contributed by atoms with van der Waals surface area (Å²) in [7, 11) is 0.